The predicted molar refractivity (Wildman–Crippen MR) is 85.6 cm³/mol. The van der Waals surface area contributed by atoms with E-state index in [4.69, 9.17) is 5.11 Å². The van der Waals surface area contributed by atoms with E-state index in [2.05, 4.69) is 15.5 Å². The maximum absolute atomic E-state index is 11.9. The summed E-state index contributed by atoms with van der Waals surface area (Å²) in [6.07, 6.45) is 3.82. The molecule has 6 nitrogen and oxygen atoms in total. The lowest BCUT2D eigenvalue weighted by Crippen LogP contribution is -2.45. The van der Waals surface area contributed by atoms with Crippen LogP contribution in [0.5, 0.6) is 0 Å². The molecule has 22 heavy (non-hydrogen) atoms. The zero-order valence-electron chi connectivity index (χ0n) is 12.6. The Labute approximate surface area is 134 Å². The summed E-state index contributed by atoms with van der Waals surface area (Å²) in [5, 5.41) is 15.8. The van der Waals surface area contributed by atoms with Gasteiger partial charge in [-0.05, 0) is 43.7 Å². The molecule has 1 fully saturated rings. The summed E-state index contributed by atoms with van der Waals surface area (Å²) in [6, 6.07) is 3.86. The molecule has 3 N–H and O–H groups in total. The van der Waals surface area contributed by atoms with Crippen LogP contribution in [0, 0.1) is 0 Å². The highest BCUT2D eigenvalue weighted by atomic mass is 32.1. The fraction of sp³-hybridized carbons (Fsp3) is 0.600. The SMILES string of the molecule is O=C(CN(CCCCO)C1CC1)NC(=O)NCc1cccs1. The van der Waals surface area contributed by atoms with Crippen molar-refractivity contribution in [3.63, 3.8) is 0 Å². The molecule has 2 rings (SSSR count). The van der Waals surface area contributed by atoms with Gasteiger partial charge in [0.25, 0.3) is 0 Å². The van der Waals surface area contributed by atoms with Crippen LogP contribution in [0.25, 0.3) is 0 Å². The number of nitrogens with zero attached hydrogens (tertiary/aromatic N) is 1. The van der Waals surface area contributed by atoms with Crippen molar-refractivity contribution in [2.75, 3.05) is 19.7 Å². The third-order valence-electron chi connectivity index (χ3n) is 3.52. The van der Waals surface area contributed by atoms with E-state index in [1.165, 1.54) is 0 Å². The van der Waals surface area contributed by atoms with E-state index in [9.17, 15) is 9.59 Å². The molecule has 7 heteroatoms. The lowest BCUT2D eigenvalue weighted by atomic mass is 10.3. The van der Waals surface area contributed by atoms with Crippen LogP contribution >= 0.6 is 11.3 Å². The Morgan fingerprint density at radius 3 is 2.82 bits per heavy atom. The topological polar surface area (TPSA) is 81.7 Å². The molecule has 0 bridgehead atoms. The molecule has 1 aliphatic carbocycles. The van der Waals surface area contributed by atoms with Crippen molar-refractivity contribution >= 4 is 23.3 Å². The van der Waals surface area contributed by atoms with Gasteiger partial charge in [0.15, 0.2) is 0 Å². The van der Waals surface area contributed by atoms with E-state index < -0.39 is 6.03 Å². The Balaban J connectivity index is 1.67. The second-order valence-electron chi connectivity index (χ2n) is 5.44. The summed E-state index contributed by atoms with van der Waals surface area (Å²) < 4.78 is 0. The van der Waals surface area contributed by atoms with Gasteiger partial charge in [-0.15, -0.1) is 11.3 Å². The number of aliphatic hydroxyl groups excluding tert-OH is 1. The summed E-state index contributed by atoms with van der Waals surface area (Å²) in [7, 11) is 0. The van der Waals surface area contributed by atoms with Crippen LogP contribution in [-0.4, -0.2) is 47.7 Å². The summed E-state index contributed by atoms with van der Waals surface area (Å²) in [6.45, 7) is 1.63. The third kappa shape index (κ3) is 6.13. The normalized spacial score (nSPS) is 14.1. The summed E-state index contributed by atoms with van der Waals surface area (Å²) in [5.74, 6) is -0.278. The monoisotopic (exact) mass is 325 g/mol. The van der Waals surface area contributed by atoms with Gasteiger partial charge in [-0.1, -0.05) is 6.07 Å². The number of unbranched alkanes of at least 4 members (excludes halogenated alkanes) is 1. The first kappa shape index (κ1) is 16.9. The number of hydrogen-bond acceptors (Lipinski definition) is 5. The summed E-state index contributed by atoms with van der Waals surface area (Å²) in [5.41, 5.74) is 0. The molecule has 0 spiro atoms. The number of aliphatic hydroxyl groups is 1. The molecule has 0 aromatic carbocycles. The molecule has 1 aromatic rings. The van der Waals surface area contributed by atoms with Gasteiger partial charge in [0.05, 0.1) is 13.1 Å². The first-order chi connectivity index (χ1) is 10.7. The number of urea groups is 1. The van der Waals surface area contributed by atoms with E-state index in [1.54, 1.807) is 11.3 Å². The van der Waals surface area contributed by atoms with E-state index in [0.717, 1.165) is 37.1 Å². The average Bonchev–Trinajstić information content (AvgIpc) is 3.20. The molecule has 0 aliphatic heterocycles. The molecule has 1 aromatic heterocycles. The summed E-state index contributed by atoms with van der Waals surface area (Å²) >= 11 is 1.56. The molecular weight excluding hydrogens is 302 g/mol. The van der Waals surface area contributed by atoms with Gasteiger partial charge in [-0.2, -0.15) is 0 Å². The van der Waals surface area contributed by atoms with Crippen LogP contribution in [0.1, 0.15) is 30.6 Å². The van der Waals surface area contributed by atoms with Gasteiger partial charge in [0.2, 0.25) is 5.91 Å². The zero-order valence-corrected chi connectivity index (χ0v) is 13.4. The number of hydrogen-bond donors (Lipinski definition) is 3. The molecule has 0 unspecified atom stereocenters. The quantitative estimate of drug-likeness (QED) is 0.598. The van der Waals surface area contributed by atoms with Crippen molar-refractivity contribution in [2.45, 2.75) is 38.3 Å². The van der Waals surface area contributed by atoms with Crippen LogP contribution in [0.2, 0.25) is 0 Å². The van der Waals surface area contributed by atoms with Crippen LogP contribution in [0.4, 0.5) is 4.79 Å². The molecule has 1 saturated carbocycles. The van der Waals surface area contributed by atoms with Gasteiger partial charge < -0.3 is 10.4 Å². The molecule has 3 amide bonds. The Hall–Kier alpha value is -1.44. The molecule has 1 aliphatic rings. The number of imide groups is 1. The number of rotatable bonds is 9. The number of carbonyl (C=O) groups excluding carboxylic acids is 2. The minimum atomic E-state index is -0.454. The van der Waals surface area contributed by atoms with Gasteiger partial charge in [-0.3, -0.25) is 15.0 Å². The molecule has 0 atom stereocenters. The lowest BCUT2D eigenvalue weighted by Gasteiger charge is -2.20. The number of carbonyl (C=O) groups is 2. The fourth-order valence-electron chi connectivity index (χ4n) is 2.23. The molecular formula is C15H23N3O3S. The van der Waals surface area contributed by atoms with Gasteiger partial charge >= 0.3 is 6.03 Å². The van der Waals surface area contributed by atoms with Crippen molar-refractivity contribution in [1.82, 2.24) is 15.5 Å². The summed E-state index contributed by atoms with van der Waals surface area (Å²) in [4.78, 5) is 26.8. The van der Waals surface area contributed by atoms with E-state index in [0.29, 0.717) is 12.6 Å². The maximum Gasteiger partial charge on any atom is 0.321 e. The third-order valence-corrected chi connectivity index (χ3v) is 4.40. The molecule has 0 radical (unpaired) electrons. The van der Waals surface area contributed by atoms with Gasteiger partial charge in [-0.25, -0.2) is 4.79 Å². The van der Waals surface area contributed by atoms with Crippen LogP contribution in [0.15, 0.2) is 17.5 Å². The second-order valence-corrected chi connectivity index (χ2v) is 6.47. The molecule has 122 valence electrons. The fourth-order valence-corrected chi connectivity index (χ4v) is 2.88. The average molecular weight is 325 g/mol. The minimum Gasteiger partial charge on any atom is -0.396 e. The Morgan fingerprint density at radius 2 is 2.18 bits per heavy atom. The highest BCUT2D eigenvalue weighted by Gasteiger charge is 2.30. The number of amides is 3. The Morgan fingerprint density at radius 1 is 1.36 bits per heavy atom. The van der Waals surface area contributed by atoms with Crippen molar-refractivity contribution in [3.05, 3.63) is 22.4 Å². The van der Waals surface area contributed by atoms with Crippen LogP contribution in [-0.2, 0) is 11.3 Å². The first-order valence-corrected chi connectivity index (χ1v) is 8.52. The van der Waals surface area contributed by atoms with Gasteiger partial charge in [0, 0.05) is 17.5 Å². The Bertz CT molecular complexity index is 474. The minimum absolute atomic E-state index is 0.176. The molecule has 1 heterocycles. The van der Waals surface area contributed by atoms with E-state index >= 15 is 0 Å². The second kappa shape index (κ2) is 8.87. The zero-order chi connectivity index (χ0) is 15.8. The highest BCUT2D eigenvalue weighted by Crippen LogP contribution is 2.26. The highest BCUT2D eigenvalue weighted by molar-refractivity contribution is 7.09. The standard InChI is InChI=1S/C15H23N3O3S/c19-8-2-1-7-18(12-5-6-12)11-14(20)17-15(21)16-10-13-4-3-9-22-13/h3-4,9,12,19H,1-2,5-8,10-11H2,(H2,16,17,20,21). The van der Waals surface area contributed by atoms with E-state index in [1.807, 2.05) is 17.5 Å². The van der Waals surface area contributed by atoms with Crippen molar-refractivity contribution < 1.29 is 14.7 Å². The lowest BCUT2D eigenvalue weighted by molar-refractivity contribution is -0.121. The van der Waals surface area contributed by atoms with Gasteiger partial charge in [0.1, 0.15) is 0 Å². The number of thiophene rings is 1. The first-order valence-electron chi connectivity index (χ1n) is 7.64. The smallest absolute Gasteiger partial charge is 0.321 e. The van der Waals surface area contributed by atoms with Crippen LogP contribution in [0.3, 0.4) is 0 Å². The maximum atomic E-state index is 11.9. The van der Waals surface area contributed by atoms with Crippen LogP contribution < -0.4 is 10.6 Å². The van der Waals surface area contributed by atoms with Crippen molar-refractivity contribution in [3.8, 4) is 0 Å². The van der Waals surface area contributed by atoms with Crippen molar-refractivity contribution in [2.24, 2.45) is 0 Å². The predicted octanol–water partition coefficient (Wildman–Crippen LogP) is 1.31. The van der Waals surface area contributed by atoms with Crippen molar-refractivity contribution in [1.29, 1.82) is 0 Å². The molecule has 0 saturated heterocycles. The largest absolute Gasteiger partial charge is 0.396 e. The van der Waals surface area contributed by atoms with E-state index in [-0.39, 0.29) is 19.1 Å². The number of nitrogens with one attached hydrogen (secondary N) is 2. The Kier molecular flexibility index (Phi) is 6.82.